The van der Waals surface area contributed by atoms with E-state index in [4.69, 9.17) is 0 Å². The van der Waals surface area contributed by atoms with Crippen LogP contribution in [0.2, 0.25) is 0 Å². The molecule has 1 fully saturated rings. The number of H-pyrrole nitrogens is 1. The Morgan fingerprint density at radius 2 is 2.60 bits per heavy atom. The Morgan fingerprint density at radius 3 is 3.33 bits per heavy atom. The van der Waals surface area contributed by atoms with Crippen molar-refractivity contribution in [2.45, 2.75) is 19.4 Å². The minimum Gasteiger partial charge on any atom is -0.319 e. The number of aromatic nitrogens is 2. The predicted molar refractivity (Wildman–Crippen MR) is 60.5 cm³/mol. The number of nitrogens with one attached hydrogen (secondary N) is 2. The van der Waals surface area contributed by atoms with Crippen molar-refractivity contribution in [2.75, 3.05) is 26.7 Å². The van der Waals surface area contributed by atoms with E-state index in [1.165, 1.54) is 31.6 Å². The summed E-state index contributed by atoms with van der Waals surface area (Å²) >= 11 is 0. The van der Waals surface area contributed by atoms with Gasteiger partial charge in [-0.25, -0.2) is 0 Å². The van der Waals surface area contributed by atoms with Gasteiger partial charge in [0, 0.05) is 25.0 Å². The molecule has 1 aliphatic rings. The standard InChI is InChI=1S/C11H20N4/c1-12-7-10-3-2-6-15(8-10)9-11-4-5-13-14-11/h4-5,10,12H,2-3,6-9H2,1H3,(H,13,14). The van der Waals surface area contributed by atoms with Crippen LogP contribution in [0.4, 0.5) is 0 Å². The normalized spacial score (nSPS) is 23.1. The van der Waals surface area contributed by atoms with Crippen LogP contribution in [0.25, 0.3) is 0 Å². The fraction of sp³-hybridized carbons (Fsp3) is 0.727. The Labute approximate surface area is 91.1 Å². The number of hydrogen-bond acceptors (Lipinski definition) is 3. The average molecular weight is 208 g/mol. The number of nitrogens with zero attached hydrogens (tertiary/aromatic N) is 2. The molecule has 4 heteroatoms. The monoisotopic (exact) mass is 208 g/mol. The van der Waals surface area contributed by atoms with Gasteiger partial charge in [0.05, 0.1) is 0 Å². The lowest BCUT2D eigenvalue weighted by molar-refractivity contribution is 0.165. The minimum atomic E-state index is 0.812. The summed E-state index contributed by atoms with van der Waals surface area (Å²) in [7, 11) is 2.04. The summed E-state index contributed by atoms with van der Waals surface area (Å²) in [5, 5.41) is 10.3. The van der Waals surface area contributed by atoms with Crippen molar-refractivity contribution in [1.29, 1.82) is 0 Å². The van der Waals surface area contributed by atoms with Gasteiger partial charge in [0.2, 0.25) is 0 Å². The fourth-order valence-electron chi connectivity index (χ4n) is 2.36. The first kappa shape index (κ1) is 10.6. The molecule has 2 N–H and O–H groups in total. The second-order valence-electron chi connectivity index (χ2n) is 4.38. The molecule has 84 valence electrons. The molecule has 0 spiro atoms. The smallest absolute Gasteiger partial charge is 0.0492 e. The number of likely N-dealkylation sites (tertiary alicyclic amines) is 1. The summed E-state index contributed by atoms with van der Waals surface area (Å²) in [6, 6.07) is 2.06. The number of aromatic amines is 1. The molecule has 2 rings (SSSR count). The first-order valence-electron chi connectivity index (χ1n) is 5.73. The average Bonchev–Trinajstić information content (AvgIpc) is 2.71. The van der Waals surface area contributed by atoms with Crippen LogP contribution in [0.1, 0.15) is 18.5 Å². The molecule has 1 atom stereocenters. The van der Waals surface area contributed by atoms with E-state index in [1.807, 2.05) is 13.2 Å². The van der Waals surface area contributed by atoms with Gasteiger partial charge >= 0.3 is 0 Å². The van der Waals surface area contributed by atoms with Crippen molar-refractivity contribution in [3.63, 3.8) is 0 Å². The Kier molecular flexibility index (Phi) is 3.75. The van der Waals surface area contributed by atoms with Crippen LogP contribution in [0.5, 0.6) is 0 Å². The van der Waals surface area contributed by atoms with E-state index >= 15 is 0 Å². The highest BCUT2D eigenvalue weighted by Gasteiger charge is 2.19. The van der Waals surface area contributed by atoms with Gasteiger partial charge < -0.3 is 5.32 Å². The van der Waals surface area contributed by atoms with Gasteiger partial charge in [0.25, 0.3) is 0 Å². The van der Waals surface area contributed by atoms with Gasteiger partial charge in [0.1, 0.15) is 0 Å². The van der Waals surface area contributed by atoms with Gasteiger partial charge in [-0.2, -0.15) is 5.10 Å². The van der Waals surface area contributed by atoms with Crippen LogP contribution in [-0.4, -0.2) is 41.8 Å². The maximum absolute atomic E-state index is 3.98. The van der Waals surface area contributed by atoms with Crippen molar-refractivity contribution in [3.8, 4) is 0 Å². The van der Waals surface area contributed by atoms with Gasteiger partial charge in [-0.3, -0.25) is 10.00 Å². The molecular weight excluding hydrogens is 188 g/mol. The Morgan fingerprint density at radius 1 is 1.67 bits per heavy atom. The molecule has 1 aliphatic heterocycles. The van der Waals surface area contributed by atoms with Gasteiger partial charge in [-0.15, -0.1) is 0 Å². The quantitative estimate of drug-likeness (QED) is 0.770. The summed E-state index contributed by atoms with van der Waals surface area (Å²) in [5.41, 5.74) is 1.22. The van der Waals surface area contributed by atoms with E-state index < -0.39 is 0 Å². The molecule has 1 aromatic heterocycles. The second kappa shape index (κ2) is 5.28. The first-order valence-corrected chi connectivity index (χ1v) is 5.73. The zero-order valence-electron chi connectivity index (χ0n) is 9.37. The number of rotatable bonds is 4. The highest BCUT2D eigenvalue weighted by molar-refractivity contribution is 4.97. The van der Waals surface area contributed by atoms with E-state index in [-0.39, 0.29) is 0 Å². The van der Waals surface area contributed by atoms with Gasteiger partial charge in [-0.1, -0.05) is 0 Å². The molecule has 15 heavy (non-hydrogen) atoms. The molecule has 0 amide bonds. The Hall–Kier alpha value is -0.870. The largest absolute Gasteiger partial charge is 0.319 e. The second-order valence-corrected chi connectivity index (χ2v) is 4.38. The van der Waals surface area contributed by atoms with E-state index in [0.717, 1.165) is 19.0 Å². The maximum Gasteiger partial charge on any atom is 0.0492 e. The fourth-order valence-corrected chi connectivity index (χ4v) is 2.36. The zero-order valence-corrected chi connectivity index (χ0v) is 9.37. The molecule has 1 aromatic rings. The van der Waals surface area contributed by atoms with Crippen LogP contribution in [0, 0.1) is 5.92 Å². The van der Waals surface area contributed by atoms with Crippen LogP contribution in [0.15, 0.2) is 12.3 Å². The predicted octanol–water partition coefficient (Wildman–Crippen LogP) is 0.841. The van der Waals surface area contributed by atoms with Gasteiger partial charge in [0.15, 0.2) is 0 Å². The van der Waals surface area contributed by atoms with Crippen LogP contribution >= 0.6 is 0 Å². The summed E-state index contributed by atoms with van der Waals surface area (Å²) in [6.45, 7) is 4.58. The topological polar surface area (TPSA) is 44.0 Å². The molecule has 4 nitrogen and oxygen atoms in total. The maximum atomic E-state index is 3.98. The molecular formula is C11H20N4. The van der Waals surface area contributed by atoms with Crippen LogP contribution < -0.4 is 5.32 Å². The summed E-state index contributed by atoms with van der Waals surface area (Å²) < 4.78 is 0. The van der Waals surface area contributed by atoms with Crippen molar-refractivity contribution in [1.82, 2.24) is 20.4 Å². The van der Waals surface area contributed by atoms with E-state index in [2.05, 4.69) is 26.5 Å². The molecule has 0 aliphatic carbocycles. The van der Waals surface area contributed by atoms with Crippen molar-refractivity contribution in [3.05, 3.63) is 18.0 Å². The van der Waals surface area contributed by atoms with E-state index in [1.54, 1.807) is 0 Å². The summed E-state index contributed by atoms with van der Waals surface area (Å²) in [6.07, 6.45) is 4.51. The van der Waals surface area contributed by atoms with Gasteiger partial charge in [-0.05, 0) is 45.0 Å². The molecule has 0 radical (unpaired) electrons. The molecule has 0 aromatic carbocycles. The van der Waals surface area contributed by atoms with Crippen molar-refractivity contribution in [2.24, 2.45) is 5.92 Å². The Bertz CT molecular complexity index is 268. The Balaban J connectivity index is 1.82. The zero-order chi connectivity index (χ0) is 10.5. The van der Waals surface area contributed by atoms with E-state index in [9.17, 15) is 0 Å². The van der Waals surface area contributed by atoms with E-state index in [0.29, 0.717) is 0 Å². The molecule has 1 saturated heterocycles. The molecule has 0 bridgehead atoms. The minimum absolute atomic E-state index is 0.812. The third-order valence-corrected chi connectivity index (χ3v) is 3.05. The number of hydrogen-bond donors (Lipinski definition) is 2. The first-order chi connectivity index (χ1) is 7.38. The third-order valence-electron chi connectivity index (χ3n) is 3.05. The summed E-state index contributed by atoms with van der Waals surface area (Å²) in [4.78, 5) is 2.51. The molecule has 1 unspecified atom stereocenters. The van der Waals surface area contributed by atoms with Crippen LogP contribution in [0.3, 0.4) is 0 Å². The van der Waals surface area contributed by atoms with Crippen molar-refractivity contribution >= 4 is 0 Å². The third kappa shape index (κ3) is 3.04. The van der Waals surface area contributed by atoms with Crippen LogP contribution in [-0.2, 0) is 6.54 Å². The highest BCUT2D eigenvalue weighted by atomic mass is 15.2. The number of piperidine rings is 1. The van der Waals surface area contributed by atoms with Crippen molar-refractivity contribution < 1.29 is 0 Å². The lowest BCUT2D eigenvalue weighted by atomic mass is 9.98. The SMILES string of the molecule is CNCC1CCCN(Cc2ccn[nH]2)C1. The molecule has 0 saturated carbocycles. The molecule has 2 heterocycles. The highest BCUT2D eigenvalue weighted by Crippen LogP contribution is 2.17. The summed E-state index contributed by atoms with van der Waals surface area (Å²) in [5.74, 6) is 0.812. The lowest BCUT2D eigenvalue weighted by Crippen LogP contribution is -2.38. The lowest BCUT2D eigenvalue weighted by Gasteiger charge is -2.32.